The summed E-state index contributed by atoms with van der Waals surface area (Å²) in [6.45, 7) is 4.81. The molecule has 6 heteroatoms. The van der Waals surface area contributed by atoms with Crippen molar-refractivity contribution < 1.29 is 24.5 Å². The highest BCUT2D eigenvalue weighted by Gasteiger charge is 2.18. The van der Waals surface area contributed by atoms with Gasteiger partial charge in [-0.2, -0.15) is 0 Å². The van der Waals surface area contributed by atoms with E-state index in [-0.39, 0.29) is 18.5 Å². The molecule has 0 radical (unpaired) electrons. The van der Waals surface area contributed by atoms with Crippen LogP contribution in [0.3, 0.4) is 0 Å². The van der Waals surface area contributed by atoms with Crippen LogP contribution in [0.15, 0.2) is 36.5 Å². The van der Waals surface area contributed by atoms with Gasteiger partial charge in [0, 0.05) is 12.8 Å². The van der Waals surface area contributed by atoms with E-state index in [1.54, 1.807) is 6.08 Å². The van der Waals surface area contributed by atoms with Gasteiger partial charge in [-0.3, -0.25) is 9.59 Å². The third-order valence-electron chi connectivity index (χ3n) is 11.4. The van der Waals surface area contributed by atoms with Gasteiger partial charge in [-0.05, 0) is 89.9 Å². The molecule has 0 aliphatic heterocycles. The van der Waals surface area contributed by atoms with Gasteiger partial charge in [0.05, 0.1) is 25.4 Å². The molecule has 0 bridgehead atoms. The van der Waals surface area contributed by atoms with Gasteiger partial charge in [-0.1, -0.05) is 192 Å². The zero-order valence-corrected chi connectivity index (χ0v) is 38.5. The smallest absolute Gasteiger partial charge is 0.305 e. The molecule has 6 nitrogen and oxygen atoms in total. The summed E-state index contributed by atoms with van der Waals surface area (Å²) >= 11 is 0. The van der Waals surface area contributed by atoms with Crippen LogP contribution in [0.5, 0.6) is 0 Å². The molecular formula is C52H97NO5. The maximum absolute atomic E-state index is 12.4. The van der Waals surface area contributed by atoms with E-state index in [0.29, 0.717) is 19.4 Å². The average molecular weight is 816 g/mol. The van der Waals surface area contributed by atoms with E-state index >= 15 is 0 Å². The third-order valence-corrected chi connectivity index (χ3v) is 11.4. The number of ether oxygens (including phenoxy) is 1. The normalized spacial score (nSPS) is 13.0. The molecule has 0 spiro atoms. The Labute approximate surface area is 360 Å². The summed E-state index contributed by atoms with van der Waals surface area (Å²) in [6, 6.07) is -0.647. The van der Waals surface area contributed by atoms with Crippen LogP contribution in [0.1, 0.15) is 258 Å². The van der Waals surface area contributed by atoms with Crippen LogP contribution < -0.4 is 5.32 Å². The summed E-state index contributed by atoms with van der Waals surface area (Å²) in [5, 5.41) is 23.1. The Morgan fingerprint density at radius 1 is 0.466 bits per heavy atom. The zero-order valence-electron chi connectivity index (χ0n) is 38.5. The van der Waals surface area contributed by atoms with Gasteiger partial charge in [-0.25, -0.2) is 0 Å². The molecule has 3 N–H and O–H groups in total. The van der Waals surface area contributed by atoms with E-state index in [1.807, 2.05) is 6.08 Å². The third kappa shape index (κ3) is 43.7. The van der Waals surface area contributed by atoms with Crippen molar-refractivity contribution in [2.75, 3.05) is 13.2 Å². The predicted molar refractivity (Wildman–Crippen MR) is 250 cm³/mol. The Bertz CT molecular complexity index is 946. The molecule has 1 amide bonds. The van der Waals surface area contributed by atoms with Crippen molar-refractivity contribution in [3.05, 3.63) is 36.5 Å². The fourth-order valence-electron chi connectivity index (χ4n) is 7.44. The first-order chi connectivity index (χ1) is 28.5. The van der Waals surface area contributed by atoms with E-state index in [9.17, 15) is 19.8 Å². The first kappa shape index (κ1) is 56.1. The van der Waals surface area contributed by atoms with Gasteiger partial charge < -0.3 is 20.3 Å². The SMILES string of the molecule is CCCCC/C=C\CCCCCCCC(=O)OCCCCC/C=C\CCCCCCCC(=O)NC(CO)C(O)/C=C/CCCCCCCCCCCCCCCCC. The molecule has 0 aliphatic rings. The Kier molecular flexibility index (Phi) is 46.2. The predicted octanol–water partition coefficient (Wildman–Crippen LogP) is 14.9. The highest BCUT2D eigenvalue weighted by atomic mass is 16.5. The number of unbranched alkanes of at least 4 members (excludes halogenated alkanes) is 31. The lowest BCUT2D eigenvalue weighted by Gasteiger charge is -2.20. The lowest BCUT2D eigenvalue weighted by atomic mass is 10.0. The standard InChI is InChI=1S/C52H97NO5/c1-3-5-7-9-11-13-15-17-18-19-20-21-24-28-32-36-40-44-50(55)49(48-54)53-51(56)45-41-37-33-29-25-22-23-27-31-35-39-43-47-58-52(57)46-42-38-34-30-26-16-14-12-10-8-6-4-2/h12,14,23,27,40,44,49-50,54-55H,3-11,13,15-22,24-26,28-39,41-43,45-48H2,1-2H3,(H,53,56)/b14-12-,27-23-,44-40+. The van der Waals surface area contributed by atoms with Crippen LogP contribution in [0.2, 0.25) is 0 Å². The summed E-state index contributed by atoms with van der Waals surface area (Å²) in [7, 11) is 0. The molecule has 340 valence electrons. The second-order valence-corrected chi connectivity index (χ2v) is 17.1. The van der Waals surface area contributed by atoms with E-state index in [2.05, 4.69) is 43.5 Å². The van der Waals surface area contributed by atoms with Crippen LogP contribution in [0, 0.1) is 0 Å². The van der Waals surface area contributed by atoms with E-state index in [0.717, 1.165) is 83.5 Å². The Hall–Kier alpha value is -1.92. The number of carbonyl (C=O) groups is 2. The summed E-state index contributed by atoms with van der Waals surface area (Å²) in [5.41, 5.74) is 0. The maximum atomic E-state index is 12.4. The lowest BCUT2D eigenvalue weighted by Crippen LogP contribution is -2.45. The first-order valence-electron chi connectivity index (χ1n) is 25.3. The van der Waals surface area contributed by atoms with Gasteiger partial charge in [0.1, 0.15) is 0 Å². The number of hydrogen-bond donors (Lipinski definition) is 3. The lowest BCUT2D eigenvalue weighted by molar-refractivity contribution is -0.143. The second-order valence-electron chi connectivity index (χ2n) is 17.1. The quantitative estimate of drug-likeness (QED) is 0.0323. The summed E-state index contributed by atoms with van der Waals surface area (Å²) in [5.74, 6) is -0.129. The van der Waals surface area contributed by atoms with Crippen molar-refractivity contribution in [3.63, 3.8) is 0 Å². The fraction of sp³-hybridized carbons (Fsp3) is 0.846. The van der Waals surface area contributed by atoms with Crippen molar-refractivity contribution in [2.24, 2.45) is 0 Å². The summed E-state index contributed by atoms with van der Waals surface area (Å²) < 4.78 is 5.42. The number of allylic oxidation sites excluding steroid dienone is 5. The van der Waals surface area contributed by atoms with Crippen LogP contribution >= 0.6 is 0 Å². The van der Waals surface area contributed by atoms with E-state index in [1.165, 1.54) is 148 Å². The summed E-state index contributed by atoms with van der Waals surface area (Å²) in [4.78, 5) is 24.4. The van der Waals surface area contributed by atoms with Crippen LogP contribution in [-0.4, -0.2) is 47.4 Å². The van der Waals surface area contributed by atoms with Crippen molar-refractivity contribution in [2.45, 2.75) is 270 Å². The number of aliphatic hydroxyl groups is 2. The summed E-state index contributed by atoms with van der Waals surface area (Å²) in [6.07, 6.45) is 57.1. The molecule has 0 aromatic heterocycles. The molecule has 2 unspecified atom stereocenters. The molecule has 0 aromatic rings. The van der Waals surface area contributed by atoms with Crippen LogP contribution in [0.4, 0.5) is 0 Å². The topological polar surface area (TPSA) is 95.9 Å². The van der Waals surface area contributed by atoms with E-state index in [4.69, 9.17) is 4.74 Å². The zero-order chi connectivity index (χ0) is 42.3. The average Bonchev–Trinajstić information content (AvgIpc) is 3.22. The highest BCUT2D eigenvalue weighted by Crippen LogP contribution is 2.15. The molecule has 0 saturated heterocycles. The molecule has 0 aromatic carbocycles. The molecule has 0 heterocycles. The van der Waals surface area contributed by atoms with Crippen molar-refractivity contribution >= 4 is 11.9 Å². The van der Waals surface area contributed by atoms with Gasteiger partial charge in [-0.15, -0.1) is 0 Å². The van der Waals surface area contributed by atoms with Crippen molar-refractivity contribution in [3.8, 4) is 0 Å². The second kappa shape index (κ2) is 47.8. The largest absolute Gasteiger partial charge is 0.466 e. The molecule has 0 fully saturated rings. The number of amides is 1. The number of aliphatic hydroxyl groups excluding tert-OH is 2. The van der Waals surface area contributed by atoms with Crippen LogP contribution in [0.25, 0.3) is 0 Å². The first-order valence-corrected chi connectivity index (χ1v) is 25.3. The minimum atomic E-state index is -0.861. The number of hydrogen-bond acceptors (Lipinski definition) is 5. The number of rotatable bonds is 46. The van der Waals surface area contributed by atoms with Crippen molar-refractivity contribution in [1.29, 1.82) is 0 Å². The number of esters is 1. The monoisotopic (exact) mass is 816 g/mol. The van der Waals surface area contributed by atoms with Gasteiger partial charge in [0.25, 0.3) is 0 Å². The minimum Gasteiger partial charge on any atom is -0.466 e. The fourth-order valence-corrected chi connectivity index (χ4v) is 7.44. The number of carbonyl (C=O) groups excluding carboxylic acids is 2. The number of nitrogens with one attached hydrogen (secondary N) is 1. The molecule has 0 saturated carbocycles. The van der Waals surface area contributed by atoms with Gasteiger partial charge in [0.2, 0.25) is 5.91 Å². The molecule has 2 atom stereocenters. The van der Waals surface area contributed by atoms with E-state index < -0.39 is 12.1 Å². The van der Waals surface area contributed by atoms with Crippen molar-refractivity contribution in [1.82, 2.24) is 5.32 Å². The van der Waals surface area contributed by atoms with Gasteiger partial charge in [0.15, 0.2) is 0 Å². The molecular weight excluding hydrogens is 719 g/mol. The molecule has 0 rings (SSSR count). The minimum absolute atomic E-state index is 0.0350. The molecule has 0 aliphatic carbocycles. The Balaban J connectivity index is 3.57. The Morgan fingerprint density at radius 3 is 1.26 bits per heavy atom. The maximum Gasteiger partial charge on any atom is 0.305 e. The molecule has 58 heavy (non-hydrogen) atoms. The van der Waals surface area contributed by atoms with Gasteiger partial charge >= 0.3 is 5.97 Å². The highest BCUT2D eigenvalue weighted by molar-refractivity contribution is 5.76. The Morgan fingerprint density at radius 2 is 0.810 bits per heavy atom. The van der Waals surface area contributed by atoms with Crippen LogP contribution in [-0.2, 0) is 14.3 Å².